The second-order valence-corrected chi connectivity index (χ2v) is 7.91. The maximum absolute atomic E-state index is 5.50. The van der Waals surface area contributed by atoms with Crippen molar-refractivity contribution in [1.29, 1.82) is 0 Å². The van der Waals surface area contributed by atoms with Gasteiger partial charge in [0.25, 0.3) is 0 Å². The Morgan fingerprint density at radius 2 is 2.05 bits per heavy atom. The van der Waals surface area contributed by atoms with Crippen molar-refractivity contribution >= 4 is 11.3 Å². The van der Waals surface area contributed by atoms with Gasteiger partial charge in [-0.15, -0.1) is 11.3 Å². The van der Waals surface area contributed by atoms with Crippen LogP contribution in [0.4, 0.5) is 0 Å². The second-order valence-electron chi connectivity index (χ2n) is 6.80. The Morgan fingerprint density at radius 3 is 2.63 bits per heavy atom. The van der Waals surface area contributed by atoms with Gasteiger partial charge in [-0.2, -0.15) is 0 Å². The second kappa shape index (κ2) is 5.15. The first-order chi connectivity index (χ1) is 9.03. The lowest BCUT2D eigenvalue weighted by Gasteiger charge is -2.20. The molecule has 0 spiro atoms. The summed E-state index contributed by atoms with van der Waals surface area (Å²) >= 11 is 1.91. The van der Waals surface area contributed by atoms with Crippen molar-refractivity contribution in [2.45, 2.75) is 64.0 Å². The summed E-state index contributed by atoms with van der Waals surface area (Å²) < 4.78 is 5.50. The molecule has 1 aliphatic heterocycles. The van der Waals surface area contributed by atoms with Crippen LogP contribution < -0.4 is 5.32 Å². The highest BCUT2D eigenvalue weighted by molar-refractivity contribution is 7.11. The van der Waals surface area contributed by atoms with Gasteiger partial charge in [-0.05, 0) is 40.0 Å². The molecule has 1 aliphatic carbocycles. The van der Waals surface area contributed by atoms with Crippen molar-refractivity contribution < 1.29 is 4.74 Å². The zero-order valence-electron chi connectivity index (χ0n) is 12.2. The van der Waals surface area contributed by atoms with Gasteiger partial charge in [0.2, 0.25) is 0 Å². The zero-order valence-corrected chi connectivity index (χ0v) is 13.0. The zero-order chi connectivity index (χ0) is 13.5. The van der Waals surface area contributed by atoms with E-state index in [1.807, 2.05) is 11.3 Å². The van der Waals surface area contributed by atoms with E-state index in [0.717, 1.165) is 32.1 Å². The maximum atomic E-state index is 5.50. The lowest BCUT2D eigenvalue weighted by molar-refractivity contribution is 0.194. The summed E-state index contributed by atoms with van der Waals surface area (Å²) in [6, 6.07) is 0. The highest BCUT2D eigenvalue weighted by Gasteiger charge is 2.32. The molecule has 0 amide bonds. The number of hydrogen-bond donors (Lipinski definition) is 1. The Balaban J connectivity index is 1.76. The molecule has 0 aromatic carbocycles. The van der Waals surface area contributed by atoms with Crippen LogP contribution in [0.2, 0.25) is 0 Å². The van der Waals surface area contributed by atoms with Crippen molar-refractivity contribution in [2.75, 3.05) is 13.2 Å². The molecule has 2 aliphatic rings. The van der Waals surface area contributed by atoms with E-state index < -0.39 is 0 Å². The third-order valence-corrected chi connectivity index (χ3v) is 5.00. The summed E-state index contributed by atoms with van der Waals surface area (Å²) in [4.78, 5) is 6.41. The summed E-state index contributed by atoms with van der Waals surface area (Å²) in [7, 11) is 0. The van der Waals surface area contributed by atoms with Crippen molar-refractivity contribution in [3.8, 4) is 0 Å². The summed E-state index contributed by atoms with van der Waals surface area (Å²) in [5.74, 6) is 1.29. The fourth-order valence-corrected chi connectivity index (χ4v) is 3.64. The standard InChI is InChI=1S/C15H24N2OS/c1-15(2,3)16-8-12-13(10-4-5-10)17-14(19-12)11-6-7-18-9-11/h10-11,16H,4-9H2,1-3H3. The van der Waals surface area contributed by atoms with E-state index in [1.54, 1.807) is 0 Å². The Hall–Kier alpha value is -0.450. The van der Waals surface area contributed by atoms with Crippen molar-refractivity contribution in [2.24, 2.45) is 0 Å². The lowest BCUT2D eigenvalue weighted by atomic mass is 10.1. The topological polar surface area (TPSA) is 34.1 Å². The van der Waals surface area contributed by atoms with Gasteiger partial charge in [-0.3, -0.25) is 0 Å². The molecule has 2 heterocycles. The minimum atomic E-state index is 0.168. The predicted octanol–water partition coefficient (Wildman–Crippen LogP) is 3.41. The Labute approximate surface area is 119 Å². The van der Waals surface area contributed by atoms with Crippen LogP contribution in [0.25, 0.3) is 0 Å². The molecule has 3 nitrogen and oxygen atoms in total. The number of thiazole rings is 1. The fraction of sp³-hybridized carbons (Fsp3) is 0.800. The van der Waals surface area contributed by atoms with E-state index in [1.165, 1.54) is 28.4 Å². The number of hydrogen-bond acceptors (Lipinski definition) is 4. The summed E-state index contributed by atoms with van der Waals surface area (Å²) in [6.07, 6.45) is 3.80. The third kappa shape index (κ3) is 3.36. The van der Waals surface area contributed by atoms with Crippen LogP contribution in [0, 0.1) is 0 Å². The first-order valence-electron chi connectivity index (χ1n) is 7.35. The average Bonchev–Trinajstić information content (AvgIpc) is 2.90. The van der Waals surface area contributed by atoms with Crippen LogP contribution in [0.3, 0.4) is 0 Å². The van der Waals surface area contributed by atoms with Gasteiger partial charge in [-0.1, -0.05) is 0 Å². The van der Waals surface area contributed by atoms with Gasteiger partial charge in [0.15, 0.2) is 0 Å². The molecule has 0 bridgehead atoms. The molecule has 1 unspecified atom stereocenters. The van der Waals surface area contributed by atoms with E-state index >= 15 is 0 Å². The van der Waals surface area contributed by atoms with Gasteiger partial charge < -0.3 is 10.1 Å². The van der Waals surface area contributed by atoms with E-state index in [-0.39, 0.29) is 5.54 Å². The van der Waals surface area contributed by atoms with Gasteiger partial charge >= 0.3 is 0 Å². The summed E-state index contributed by atoms with van der Waals surface area (Å²) in [5.41, 5.74) is 1.55. The van der Waals surface area contributed by atoms with E-state index in [2.05, 4.69) is 26.1 Å². The molecule has 2 fully saturated rings. The minimum absolute atomic E-state index is 0.168. The number of ether oxygens (including phenoxy) is 1. The van der Waals surface area contributed by atoms with Gasteiger partial charge in [-0.25, -0.2) is 4.98 Å². The molecule has 1 aromatic heterocycles. The smallest absolute Gasteiger partial charge is 0.0986 e. The fourth-order valence-electron chi connectivity index (χ4n) is 2.43. The molecule has 1 saturated heterocycles. The van der Waals surface area contributed by atoms with Crippen molar-refractivity contribution in [1.82, 2.24) is 10.3 Å². The molecule has 0 radical (unpaired) electrons. The molecule has 106 valence electrons. The molecule has 19 heavy (non-hydrogen) atoms. The highest BCUT2D eigenvalue weighted by atomic mass is 32.1. The van der Waals surface area contributed by atoms with Crippen LogP contribution in [-0.2, 0) is 11.3 Å². The Morgan fingerprint density at radius 1 is 1.26 bits per heavy atom. The SMILES string of the molecule is CC(C)(C)NCc1sc(C2CCOC2)nc1C1CC1. The first kappa shape index (κ1) is 13.5. The summed E-state index contributed by atoms with van der Waals surface area (Å²) in [5, 5.41) is 4.91. The Bertz CT molecular complexity index is 439. The number of nitrogens with one attached hydrogen (secondary N) is 1. The average molecular weight is 280 g/mol. The van der Waals surface area contributed by atoms with Gasteiger partial charge in [0.1, 0.15) is 0 Å². The molecule has 4 heteroatoms. The van der Waals surface area contributed by atoms with E-state index in [9.17, 15) is 0 Å². The van der Waals surface area contributed by atoms with Crippen LogP contribution in [0.5, 0.6) is 0 Å². The normalized spacial score (nSPS) is 24.1. The van der Waals surface area contributed by atoms with Crippen LogP contribution in [0.1, 0.15) is 67.4 Å². The first-order valence-corrected chi connectivity index (χ1v) is 8.17. The summed E-state index contributed by atoms with van der Waals surface area (Å²) in [6.45, 7) is 9.38. The van der Waals surface area contributed by atoms with E-state index in [0.29, 0.717) is 5.92 Å². The van der Waals surface area contributed by atoms with Crippen molar-refractivity contribution in [3.63, 3.8) is 0 Å². The van der Waals surface area contributed by atoms with Gasteiger partial charge in [0.05, 0.1) is 17.3 Å². The molecule has 1 saturated carbocycles. The molecule has 1 N–H and O–H groups in total. The number of rotatable bonds is 4. The minimum Gasteiger partial charge on any atom is -0.381 e. The maximum Gasteiger partial charge on any atom is 0.0986 e. The molecule has 1 aromatic rings. The Kier molecular flexibility index (Phi) is 3.67. The van der Waals surface area contributed by atoms with Crippen LogP contribution in [-0.4, -0.2) is 23.7 Å². The van der Waals surface area contributed by atoms with Gasteiger partial charge in [0, 0.05) is 35.4 Å². The predicted molar refractivity (Wildman–Crippen MR) is 78.9 cm³/mol. The molecule has 3 rings (SSSR count). The molecule has 1 atom stereocenters. The van der Waals surface area contributed by atoms with Crippen LogP contribution >= 0.6 is 11.3 Å². The van der Waals surface area contributed by atoms with Crippen LogP contribution in [0.15, 0.2) is 0 Å². The highest BCUT2D eigenvalue weighted by Crippen LogP contribution is 2.44. The van der Waals surface area contributed by atoms with E-state index in [4.69, 9.17) is 9.72 Å². The largest absolute Gasteiger partial charge is 0.381 e. The number of aromatic nitrogens is 1. The third-order valence-electron chi connectivity index (χ3n) is 3.77. The monoisotopic (exact) mass is 280 g/mol. The lowest BCUT2D eigenvalue weighted by Crippen LogP contribution is -2.35. The molecular weight excluding hydrogens is 256 g/mol. The number of nitrogens with zero attached hydrogens (tertiary/aromatic N) is 1. The van der Waals surface area contributed by atoms with Crippen molar-refractivity contribution in [3.05, 3.63) is 15.6 Å². The molecular formula is C15H24N2OS. The quantitative estimate of drug-likeness (QED) is 0.917.